The molecule has 0 amide bonds. The lowest BCUT2D eigenvalue weighted by Crippen LogP contribution is -1.97. The molecule has 0 aliphatic heterocycles. The highest BCUT2D eigenvalue weighted by Gasteiger charge is 2.05. The molecule has 0 atom stereocenters. The monoisotopic (exact) mass is 338 g/mol. The number of rotatable bonds is 3. The van der Waals surface area contributed by atoms with E-state index >= 15 is 0 Å². The largest absolute Gasteiger partial charge is 0.481 e. The van der Waals surface area contributed by atoms with Crippen LogP contribution in [0.25, 0.3) is 0 Å². The molecule has 5 heteroatoms. The van der Waals surface area contributed by atoms with Gasteiger partial charge in [-0.05, 0) is 56.0 Å². The SMILES string of the molecule is O=C(O)CCc1cc(Br)c(S)c(Br)c1. The number of carboxylic acid groups (broad SMARTS) is 1. The second-order valence-corrected chi connectivity index (χ2v) is 4.96. The van der Waals surface area contributed by atoms with Gasteiger partial charge in [0.1, 0.15) is 0 Å². The first-order chi connectivity index (χ1) is 6.50. The van der Waals surface area contributed by atoms with Crippen molar-refractivity contribution in [1.29, 1.82) is 0 Å². The third-order valence-corrected chi connectivity index (χ3v) is 4.05. The van der Waals surface area contributed by atoms with Crippen LogP contribution in [0, 0.1) is 0 Å². The first kappa shape index (κ1) is 12.1. The minimum absolute atomic E-state index is 0.144. The molecule has 0 aliphatic carbocycles. The van der Waals surface area contributed by atoms with E-state index < -0.39 is 5.97 Å². The van der Waals surface area contributed by atoms with Gasteiger partial charge >= 0.3 is 5.97 Å². The highest BCUT2D eigenvalue weighted by atomic mass is 79.9. The summed E-state index contributed by atoms with van der Waals surface area (Å²) in [5.41, 5.74) is 0.976. The van der Waals surface area contributed by atoms with Gasteiger partial charge in [-0.3, -0.25) is 4.79 Å². The van der Waals surface area contributed by atoms with Crippen LogP contribution in [0.4, 0.5) is 0 Å². The van der Waals surface area contributed by atoms with Crippen LogP contribution < -0.4 is 0 Å². The van der Waals surface area contributed by atoms with Crippen molar-refractivity contribution in [3.63, 3.8) is 0 Å². The molecule has 14 heavy (non-hydrogen) atoms. The minimum Gasteiger partial charge on any atom is -0.481 e. The van der Waals surface area contributed by atoms with Crippen molar-refractivity contribution >= 4 is 50.5 Å². The van der Waals surface area contributed by atoms with E-state index in [-0.39, 0.29) is 6.42 Å². The lowest BCUT2D eigenvalue weighted by Gasteiger charge is -2.04. The van der Waals surface area contributed by atoms with Crippen molar-refractivity contribution < 1.29 is 9.90 Å². The molecule has 0 aliphatic rings. The fraction of sp³-hybridized carbons (Fsp3) is 0.222. The first-order valence-electron chi connectivity index (χ1n) is 3.89. The van der Waals surface area contributed by atoms with E-state index in [0.29, 0.717) is 6.42 Å². The fourth-order valence-corrected chi connectivity index (χ4v) is 2.42. The topological polar surface area (TPSA) is 37.3 Å². The van der Waals surface area contributed by atoms with Gasteiger partial charge in [-0.15, -0.1) is 12.6 Å². The van der Waals surface area contributed by atoms with E-state index in [1.807, 2.05) is 12.1 Å². The Balaban J connectivity index is 2.84. The maximum absolute atomic E-state index is 10.4. The molecule has 1 aromatic carbocycles. The summed E-state index contributed by atoms with van der Waals surface area (Å²) in [7, 11) is 0. The van der Waals surface area contributed by atoms with Crippen molar-refractivity contribution in [3.05, 3.63) is 26.6 Å². The van der Waals surface area contributed by atoms with Gasteiger partial charge < -0.3 is 5.11 Å². The van der Waals surface area contributed by atoms with Crippen LogP contribution in [0.5, 0.6) is 0 Å². The molecular formula is C9H8Br2O2S. The van der Waals surface area contributed by atoms with E-state index in [9.17, 15) is 4.79 Å². The fourth-order valence-electron chi connectivity index (χ4n) is 1.01. The molecule has 0 saturated heterocycles. The quantitative estimate of drug-likeness (QED) is 0.827. The van der Waals surface area contributed by atoms with Gasteiger partial charge in [0.05, 0.1) is 0 Å². The number of benzene rings is 1. The number of hydrogen-bond acceptors (Lipinski definition) is 2. The third-order valence-electron chi connectivity index (χ3n) is 1.70. The second kappa shape index (κ2) is 5.19. The van der Waals surface area contributed by atoms with Crippen LogP contribution in [0.2, 0.25) is 0 Å². The lowest BCUT2D eigenvalue weighted by molar-refractivity contribution is -0.136. The Morgan fingerprint density at radius 3 is 2.29 bits per heavy atom. The second-order valence-electron chi connectivity index (χ2n) is 2.80. The molecule has 0 fully saturated rings. The Labute approximate surface area is 104 Å². The van der Waals surface area contributed by atoms with Gasteiger partial charge in [0.15, 0.2) is 0 Å². The van der Waals surface area contributed by atoms with Gasteiger partial charge in [-0.2, -0.15) is 0 Å². The van der Waals surface area contributed by atoms with Crippen molar-refractivity contribution in [3.8, 4) is 0 Å². The Morgan fingerprint density at radius 2 is 1.86 bits per heavy atom. The van der Waals surface area contributed by atoms with E-state index in [4.69, 9.17) is 5.11 Å². The normalized spacial score (nSPS) is 10.2. The molecular weight excluding hydrogens is 332 g/mol. The summed E-state index contributed by atoms with van der Waals surface area (Å²) in [4.78, 5) is 11.2. The van der Waals surface area contributed by atoms with Gasteiger partial charge in [-0.1, -0.05) is 0 Å². The van der Waals surface area contributed by atoms with Crippen LogP contribution in [-0.4, -0.2) is 11.1 Å². The van der Waals surface area contributed by atoms with Crippen molar-refractivity contribution in [2.45, 2.75) is 17.7 Å². The zero-order valence-electron chi connectivity index (χ0n) is 7.13. The lowest BCUT2D eigenvalue weighted by atomic mass is 10.1. The predicted molar refractivity (Wildman–Crippen MR) is 65.1 cm³/mol. The summed E-state index contributed by atoms with van der Waals surface area (Å²) in [6, 6.07) is 3.77. The number of aryl methyl sites for hydroxylation is 1. The van der Waals surface area contributed by atoms with Gasteiger partial charge in [0.25, 0.3) is 0 Å². The van der Waals surface area contributed by atoms with Gasteiger partial charge in [0, 0.05) is 20.3 Å². The molecule has 0 bridgehead atoms. The van der Waals surface area contributed by atoms with Crippen LogP contribution in [0.15, 0.2) is 26.0 Å². The number of hydrogen-bond donors (Lipinski definition) is 2. The maximum atomic E-state index is 10.4. The molecule has 0 heterocycles. The van der Waals surface area contributed by atoms with Gasteiger partial charge in [0.2, 0.25) is 0 Å². The van der Waals surface area contributed by atoms with Crippen molar-refractivity contribution in [2.24, 2.45) is 0 Å². The molecule has 2 nitrogen and oxygen atoms in total. The molecule has 0 saturated carbocycles. The summed E-state index contributed by atoms with van der Waals surface area (Å²) in [5, 5.41) is 8.53. The predicted octanol–water partition coefficient (Wildman–Crippen LogP) is 3.52. The zero-order valence-corrected chi connectivity index (χ0v) is 11.2. The minimum atomic E-state index is -0.785. The maximum Gasteiger partial charge on any atom is 0.303 e. The summed E-state index contributed by atoms with van der Waals surface area (Å²) in [5.74, 6) is -0.785. The zero-order chi connectivity index (χ0) is 10.7. The standard InChI is InChI=1S/C9H8Br2O2S/c10-6-3-5(1-2-8(12)13)4-7(11)9(6)14/h3-4,14H,1-2H2,(H,12,13). The molecule has 1 N–H and O–H groups in total. The summed E-state index contributed by atoms with van der Waals surface area (Å²) in [6.07, 6.45) is 0.672. The average Bonchev–Trinajstić information content (AvgIpc) is 2.10. The molecule has 1 aromatic rings. The van der Waals surface area contributed by atoms with E-state index in [2.05, 4.69) is 44.5 Å². The highest BCUT2D eigenvalue weighted by molar-refractivity contribution is 9.11. The van der Waals surface area contributed by atoms with Crippen LogP contribution in [0.3, 0.4) is 0 Å². The number of carbonyl (C=O) groups is 1. The van der Waals surface area contributed by atoms with E-state index in [1.54, 1.807) is 0 Å². The van der Waals surface area contributed by atoms with E-state index in [0.717, 1.165) is 19.4 Å². The summed E-state index contributed by atoms with van der Waals surface area (Å²) >= 11 is 11.0. The molecule has 0 radical (unpaired) electrons. The molecule has 0 spiro atoms. The molecule has 76 valence electrons. The van der Waals surface area contributed by atoms with Crippen LogP contribution in [-0.2, 0) is 11.2 Å². The Hall–Kier alpha value is -0.000000000000000111. The van der Waals surface area contributed by atoms with Crippen LogP contribution in [0.1, 0.15) is 12.0 Å². The molecule has 0 aromatic heterocycles. The summed E-state index contributed by atoms with van der Waals surface area (Å²) < 4.78 is 1.74. The van der Waals surface area contributed by atoms with Crippen molar-refractivity contribution in [2.75, 3.05) is 0 Å². The van der Waals surface area contributed by atoms with Crippen molar-refractivity contribution in [1.82, 2.24) is 0 Å². The Morgan fingerprint density at radius 1 is 1.36 bits per heavy atom. The van der Waals surface area contributed by atoms with Gasteiger partial charge in [-0.25, -0.2) is 0 Å². The number of thiol groups is 1. The highest BCUT2D eigenvalue weighted by Crippen LogP contribution is 2.30. The first-order valence-corrected chi connectivity index (χ1v) is 5.92. The molecule has 0 unspecified atom stereocenters. The number of aliphatic carboxylic acids is 1. The van der Waals surface area contributed by atoms with E-state index in [1.165, 1.54) is 0 Å². The number of carboxylic acids is 1. The number of halogens is 2. The average molecular weight is 340 g/mol. The van der Waals surface area contributed by atoms with Crippen LogP contribution >= 0.6 is 44.5 Å². The Kier molecular flexibility index (Phi) is 4.47. The smallest absolute Gasteiger partial charge is 0.303 e. The molecule has 1 rings (SSSR count). The Bertz CT molecular complexity index is 343. The third kappa shape index (κ3) is 3.29. The summed E-state index contributed by atoms with van der Waals surface area (Å²) in [6.45, 7) is 0.